The van der Waals surface area contributed by atoms with E-state index >= 15 is 0 Å². The molecule has 0 N–H and O–H groups in total. The monoisotopic (exact) mass is 763 g/mol. The van der Waals surface area contributed by atoms with E-state index in [1.165, 1.54) is 0 Å². The fraction of sp³-hybridized carbons (Fsp3) is 0. The second kappa shape index (κ2) is 6.54. The molecule has 0 saturated carbocycles. The van der Waals surface area contributed by atoms with E-state index < -0.39 is 0 Å². The van der Waals surface area contributed by atoms with Crippen molar-refractivity contribution in [2.24, 2.45) is 0 Å². The maximum absolute atomic E-state index is 2.49. The van der Waals surface area contributed by atoms with Crippen molar-refractivity contribution in [3.63, 3.8) is 0 Å². The molecule has 4 heterocycles. The van der Waals surface area contributed by atoms with Crippen LogP contribution in [0, 0.1) is 0 Å². The molecule has 0 atom stereocenters. The molecule has 0 nitrogen and oxygen atoms in total. The topological polar surface area (TPSA) is 0 Å². The van der Waals surface area contributed by atoms with Gasteiger partial charge in [-0.2, -0.15) is 0 Å². The van der Waals surface area contributed by atoms with Gasteiger partial charge in [0.2, 0.25) is 0 Å². The van der Waals surface area contributed by atoms with Crippen molar-refractivity contribution in [3.05, 3.63) is 40.1 Å². The zero-order chi connectivity index (χ0) is 11.9. The average Bonchev–Trinajstić information content (AvgIpc) is 3.02. The van der Waals surface area contributed by atoms with Crippen molar-refractivity contribution in [1.82, 2.24) is 0 Å². The summed E-state index contributed by atoms with van der Waals surface area (Å²) in [6, 6.07) is 0. The Balaban J connectivity index is 1.55. The van der Waals surface area contributed by atoms with Gasteiger partial charge in [0.25, 0.3) is 0 Å². The van der Waals surface area contributed by atoms with Crippen molar-refractivity contribution in [1.29, 1.82) is 0 Å². The molecule has 92 valence electrons. The van der Waals surface area contributed by atoms with E-state index in [2.05, 4.69) is 19.9 Å². The molecule has 4 aliphatic rings. The average molecular weight is 756 g/mol. The second-order valence-corrected chi connectivity index (χ2v) is 27.3. The summed E-state index contributed by atoms with van der Waals surface area (Å²) in [5, 5.41) is 0. The van der Waals surface area contributed by atoms with Gasteiger partial charge in [0.15, 0.2) is 0 Å². The van der Waals surface area contributed by atoms with E-state index in [1.54, 1.807) is 0 Å². The van der Waals surface area contributed by atoms with Crippen molar-refractivity contribution in [2.75, 3.05) is 0 Å². The van der Waals surface area contributed by atoms with E-state index in [0.29, 0.717) is 0 Å². The first-order valence-electron chi connectivity index (χ1n) is 4.81. The molecule has 0 aromatic heterocycles. The quantitative estimate of drug-likeness (QED) is 0.279. The minimum absolute atomic E-state index is 0.750. The van der Waals surface area contributed by atoms with E-state index in [9.17, 15) is 0 Å². The van der Waals surface area contributed by atoms with Gasteiger partial charge in [-0.05, 0) is 0 Å². The summed E-state index contributed by atoms with van der Waals surface area (Å²) in [6.07, 6.45) is 0. The van der Waals surface area contributed by atoms with Crippen LogP contribution in [0.5, 0.6) is 0 Å². The van der Waals surface area contributed by atoms with E-state index in [1.807, 2.05) is 20.2 Å². The first-order valence-corrected chi connectivity index (χ1v) is 19.0. The van der Waals surface area contributed by atoms with Crippen LogP contribution in [0.25, 0.3) is 0 Å². The number of rotatable bonds is 0. The van der Waals surface area contributed by atoms with Crippen LogP contribution >= 0.6 is 0 Å². The molecular formula is C10H4Se8. The molecule has 4 aliphatic heterocycles. The molecule has 8 heteroatoms. The fourth-order valence-corrected chi connectivity index (χ4v) is 39.2. The van der Waals surface area contributed by atoms with Gasteiger partial charge < -0.3 is 0 Å². The molecule has 4 rings (SSSR count). The molecule has 0 bridgehead atoms. The first kappa shape index (κ1) is 14.4. The molecular weight excluding hydrogens is 752 g/mol. The fourth-order valence-electron chi connectivity index (χ4n) is 1.36. The molecule has 0 saturated heterocycles. The van der Waals surface area contributed by atoms with E-state index in [-0.39, 0.29) is 0 Å². The molecule has 0 unspecified atom stereocenters. The Morgan fingerprint density at radius 1 is 0.389 bits per heavy atom. The SMILES string of the molecule is C1=C[Se]C2=C([Se]1)[Se]C(=C1[Se]C3=C([Se]C=C[Se]3)[Se]1)[Se]2. The molecule has 0 aromatic rings. The van der Waals surface area contributed by atoms with Gasteiger partial charge in [-0.15, -0.1) is 0 Å². The summed E-state index contributed by atoms with van der Waals surface area (Å²) in [6.45, 7) is 0. The summed E-state index contributed by atoms with van der Waals surface area (Å²) in [7, 11) is 0. The van der Waals surface area contributed by atoms with Gasteiger partial charge in [-0.3, -0.25) is 0 Å². The Bertz CT molecular complexity index is 470. The van der Waals surface area contributed by atoms with Crippen LogP contribution in [0.3, 0.4) is 0 Å². The van der Waals surface area contributed by atoms with Crippen LogP contribution in [-0.4, -0.2) is 120 Å². The van der Waals surface area contributed by atoms with Crippen molar-refractivity contribution >= 4 is 120 Å². The standard InChI is InChI=1S/C10H4Se8/c1-2-12-6-5(11-1)15-9(16-6)10-17-7-8(18-10)14-4-3-13-7/h1-4H. The third kappa shape index (κ3) is 2.99. The minimum atomic E-state index is 0.750. The van der Waals surface area contributed by atoms with Gasteiger partial charge >= 0.3 is 160 Å². The third-order valence-electron chi connectivity index (χ3n) is 2.05. The summed E-state index contributed by atoms with van der Waals surface area (Å²) < 4.78 is 11.8. The summed E-state index contributed by atoms with van der Waals surface area (Å²) in [5.74, 6) is 0. The first-order chi connectivity index (χ1) is 8.90. The molecule has 0 amide bonds. The maximum atomic E-state index is 2.49. The molecule has 0 aromatic carbocycles. The zero-order valence-electron chi connectivity index (χ0n) is 8.58. The van der Waals surface area contributed by atoms with Gasteiger partial charge in [0.05, 0.1) is 0 Å². The predicted molar refractivity (Wildman–Crippen MR) is 85.4 cm³/mol. The Morgan fingerprint density at radius 2 is 0.667 bits per heavy atom. The molecule has 0 aliphatic carbocycles. The van der Waals surface area contributed by atoms with Gasteiger partial charge in [0.1, 0.15) is 0 Å². The molecule has 0 spiro atoms. The predicted octanol–water partition coefficient (Wildman–Crippen LogP) is -1.00. The molecule has 18 heavy (non-hydrogen) atoms. The number of hydrogen-bond acceptors (Lipinski definition) is 0. The van der Waals surface area contributed by atoms with E-state index in [0.717, 1.165) is 120 Å². The second-order valence-electron chi connectivity index (χ2n) is 3.15. The van der Waals surface area contributed by atoms with Gasteiger partial charge in [-0.25, -0.2) is 0 Å². The Hall–Kier alpha value is 2.86. The van der Waals surface area contributed by atoms with Gasteiger partial charge in [0, 0.05) is 0 Å². The van der Waals surface area contributed by atoms with Crippen LogP contribution in [-0.2, 0) is 0 Å². The van der Waals surface area contributed by atoms with Crippen LogP contribution in [0.2, 0.25) is 0 Å². The van der Waals surface area contributed by atoms with Gasteiger partial charge in [-0.1, -0.05) is 0 Å². The van der Waals surface area contributed by atoms with Crippen LogP contribution in [0.4, 0.5) is 0 Å². The Labute approximate surface area is 157 Å². The summed E-state index contributed by atoms with van der Waals surface area (Å²) >= 11 is 6.23. The molecule has 0 fully saturated rings. The Morgan fingerprint density at radius 3 is 0.944 bits per heavy atom. The van der Waals surface area contributed by atoms with Crippen molar-refractivity contribution < 1.29 is 0 Å². The zero-order valence-corrected chi connectivity index (χ0v) is 22.3. The Kier molecular flexibility index (Phi) is 5.25. The summed E-state index contributed by atoms with van der Waals surface area (Å²) in [5.41, 5.74) is 0. The van der Waals surface area contributed by atoms with Crippen LogP contribution in [0.1, 0.15) is 0 Å². The number of hydrogen-bond donors (Lipinski definition) is 0. The van der Waals surface area contributed by atoms with Crippen LogP contribution in [0.15, 0.2) is 40.1 Å². The van der Waals surface area contributed by atoms with Crippen molar-refractivity contribution in [3.8, 4) is 0 Å². The van der Waals surface area contributed by atoms with Crippen LogP contribution < -0.4 is 0 Å². The third-order valence-corrected chi connectivity index (χ3v) is 35.5. The van der Waals surface area contributed by atoms with E-state index in [4.69, 9.17) is 0 Å². The van der Waals surface area contributed by atoms with Crippen molar-refractivity contribution in [2.45, 2.75) is 0 Å². The normalized spacial score (nSPS) is 26.2. The molecule has 0 radical (unpaired) electrons. The summed E-state index contributed by atoms with van der Waals surface area (Å²) in [4.78, 5) is 9.95.